The van der Waals surface area contributed by atoms with Crippen LogP contribution in [0.5, 0.6) is 0 Å². The number of nitrogens with two attached hydrogens (primary N) is 1. The summed E-state index contributed by atoms with van der Waals surface area (Å²) in [5.41, 5.74) is 2.03. The maximum Gasteiger partial charge on any atom is 0.158 e. The van der Waals surface area contributed by atoms with Crippen LogP contribution in [0.2, 0.25) is 0 Å². The fourth-order valence-corrected chi connectivity index (χ4v) is 2.44. The number of hydrogen-bond acceptors (Lipinski definition) is 2. The molecule has 0 amide bonds. The average Bonchev–Trinajstić information content (AvgIpc) is 3.05. The first-order chi connectivity index (χ1) is 10.8. The summed E-state index contributed by atoms with van der Waals surface area (Å²) in [6.07, 6.45) is -0.454. The summed E-state index contributed by atoms with van der Waals surface area (Å²) < 4.78 is 5.84. The Labute approximate surface area is 130 Å². The molecule has 3 nitrogen and oxygen atoms in total. The van der Waals surface area contributed by atoms with Crippen LogP contribution in [-0.4, -0.2) is 11.7 Å². The molecule has 0 saturated carbocycles. The Kier molecular flexibility index (Phi) is 4.68. The van der Waals surface area contributed by atoms with Crippen LogP contribution in [0.15, 0.2) is 77.2 Å². The minimum absolute atomic E-state index is 0.454. The summed E-state index contributed by atoms with van der Waals surface area (Å²) in [4.78, 5) is 0. The van der Waals surface area contributed by atoms with Gasteiger partial charge in [-0.25, -0.2) is 0 Å². The Morgan fingerprint density at radius 2 is 1.55 bits per heavy atom. The standard InChI is InChI=1S/C19H19NO2/c21-18(15-7-3-1-4-8-15)14-20-13-17-11-12-19(22-17)16-9-5-2-6-10-16/h1-12,18,20-21H,13-14H2/p+1/t18-/m1/s1. The maximum atomic E-state index is 10.1. The first kappa shape index (κ1) is 14.6. The van der Waals surface area contributed by atoms with E-state index >= 15 is 0 Å². The summed E-state index contributed by atoms with van der Waals surface area (Å²) in [7, 11) is 0. The van der Waals surface area contributed by atoms with Crippen molar-refractivity contribution in [1.82, 2.24) is 0 Å². The fraction of sp³-hybridized carbons (Fsp3) is 0.158. The van der Waals surface area contributed by atoms with Crippen molar-refractivity contribution in [3.63, 3.8) is 0 Å². The quantitative estimate of drug-likeness (QED) is 0.734. The highest BCUT2D eigenvalue weighted by atomic mass is 16.3. The van der Waals surface area contributed by atoms with Gasteiger partial charge in [0.25, 0.3) is 0 Å². The Hall–Kier alpha value is -2.36. The number of rotatable bonds is 6. The molecular weight excluding hydrogens is 274 g/mol. The molecule has 0 radical (unpaired) electrons. The molecule has 0 aliphatic carbocycles. The van der Waals surface area contributed by atoms with Crippen LogP contribution < -0.4 is 5.32 Å². The number of hydrogen-bond donors (Lipinski definition) is 2. The van der Waals surface area contributed by atoms with Crippen LogP contribution in [0, 0.1) is 0 Å². The molecular formula is C19H20NO2+. The van der Waals surface area contributed by atoms with Crippen molar-refractivity contribution >= 4 is 0 Å². The van der Waals surface area contributed by atoms with E-state index in [1.165, 1.54) is 0 Å². The van der Waals surface area contributed by atoms with Crippen molar-refractivity contribution in [1.29, 1.82) is 0 Å². The molecule has 3 N–H and O–H groups in total. The third kappa shape index (κ3) is 3.64. The van der Waals surface area contributed by atoms with E-state index in [1.807, 2.05) is 72.8 Å². The van der Waals surface area contributed by atoms with Gasteiger partial charge < -0.3 is 14.8 Å². The molecule has 112 valence electrons. The molecule has 0 unspecified atom stereocenters. The number of benzene rings is 2. The first-order valence-electron chi connectivity index (χ1n) is 7.52. The maximum absolute atomic E-state index is 10.1. The molecule has 3 heteroatoms. The predicted octanol–water partition coefficient (Wildman–Crippen LogP) is 2.74. The molecule has 1 aromatic heterocycles. The number of quaternary nitrogens is 1. The monoisotopic (exact) mass is 294 g/mol. The summed E-state index contributed by atoms with van der Waals surface area (Å²) in [6, 6.07) is 23.8. The normalized spacial score (nSPS) is 12.2. The SMILES string of the molecule is O[C@H](C[NH2+]Cc1ccc(-c2ccccc2)o1)c1ccccc1. The molecule has 1 heterocycles. The highest BCUT2D eigenvalue weighted by molar-refractivity contribution is 5.57. The van der Waals surface area contributed by atoms with E-state index in [0.29, 0.717) is 6.54 Å². The fourth-order valence-electron chi connectivity index (χ4n) is 2.44. The Morgan fingerprint density at radius 1 is 0.864 bits per heavy atom. The molecule has 0 fully saturated rings. The summed E-state index contributed by atoms with van der Waals surface area (Å²) in [6.45, 7) is 1.34. The van der Waals surface area contributed by atoms with E-state index in [1.54, 1.807) is 0 Å². The van der Waals surface area contributed by atoms with E-state index < -0.39 is 6.10 Å². The Morgan fingerprint density at radius 3 is 2.27 bits per heavy atom. The van der Waals surface area contributed by atoms with Gasteiger partial charge in [-0.1, -0.05) is 60.7 Å². The summed E-state index contributed by atoms with van der Waals surface area (Å²) in [5.74, 6) is 1.80. The van der Waals surface area contributed by atoms with Crippen molar-refractivity contribution in [3.05, 3.63) is 84.1 Å². The van der Waals surface area contributed by atoms with Gasteiger partial charge in [-0.3, -0.25) is 0 Å². The minimum Gasteiger partial charge on any atom is -0.455 e. The second-order valence-electron chi connectivity index (χ2n) is 5.29. The van der Waals surface area contributed by atoms with E-state index in [2.05, 4.69) is 5.32 Å². The van der Waals surface area contributed by atoms with Crippen molar-refractivity contribution in [2.24, 2.45) is 0 Å². The molecule has 22 heavy (non-hydrogen) atoms. The van der Waals surface area contributed by atoms with Gasteiger partial charge in [0.1, 0.15) is 25.0 Å². The molecule has 0 aliphatic rings. The highest BCUT2D eigenvalue weighted by Gasteiger charge is 2.10. The van der Waals surface area contributed by atoms with Crippen LogP contribution in [0.25, 0.3) is 11.3 Å². The van der Waals surface area contributed by atoms with Crippen molar-refractivity contribution in [2.75, 3.05) is 6.54 Å². The van der Waals surface area contributed by atoms with Gasteiger partial charge in [0.2, 0.25) is 0 Å². The molecule has 2 aromatic carbocycles. The summed E-state index contributed by atoms with van der Waals surface area (Å²) in [5, 5.41) is 12.2. The molecule has 3 rings (SSSR count). The third-order valence-corrected chi connectivity index (χ3v) is 3.64. The van der Waals surface area contributed by atoms with Gasteiger partial charge in [-0.05, 0) is 17.7 Å². The second kappa shape index (κ2) is 7.07. The topological polar surface area (TPSA) is 50.0 Å². The van der Waals surface area contributed by atoms with E-state index in [9.17, 15) is 5.11 Å². The third-order valence-electron chi connectivity index (χ3n) is 3.64. The van der Waals surface area contributed by atoms with Crippen LogP contribution in [0.4, 0.5) is 0 Å². The van der Waals surface area contributed by atoms with Crippen molar-refractivity contribution < 1.29 is 14.8 Å². The number of furan rings is 1. The lowest BCUT2D eigenvalue weighted by molar-refractivity contribution is -0.679. The van der Waals surface area contributed by atoms with Crippen LogP contribution >= 0.6 is 0 Å². The highest BCUT2D eigenvalue weighted by Crippen LogP contribution is 2.21. The lowest BCUT2D eigenvalue weighted by Crippen LogP contribution is -2.83. The summed E-state index contributed by atoms with van der Waals surface area (Å²) >= 11 is 0. The molecule has 0 spiro atoms. The van der Waals surface area contributed by atoms with Crippen molar-refractivity contribution in [3.8, 4) is 11.3 Å². The van der Waals surface area contributed by atoms with Crippen LogP contribution in [0.3, 0.4) is 0 Å². The zero-order valence-electron chi connectivity index (χ0n) is 12.4. The number of aliphatic hydroxyl groups excluding tert-OH is 1. The van der Waals surface area contributed by atoms with Gasteiger partial charge in [-0.15, -0.1) is 0 Å². The van der Waals surface area contributed by atoms with Gasteiger partial charge >= 0.3 is 0 Å². The predicted molar refractivity (Wildman–Crippen MR) is 86.0 cm³/mol. The van der Waals surface area contributed by atoms with Gasteiger partial charge in [0.05, 0.1) is 0 Å². The molecule has 0 aliphatic heterocycles. The zero-order chi connectivity index (χ0) is 15.2. The number of aliphatic hydroxyl groups is 1. The van der Waals surface area contributed by atoms with Gasteiger partial charge in [0.15, 0.2) is 5.76 Å². The van der Waals surface area contributed by atoms with Crippen LogP contribution in [0.1, 0.15) is 17.4 Å². The van der Waals surface area contributed by atoms with Gasteiger partial charge in [-0.2, -0.15) is 0 Å². The van der Waals surface area contributed by atoms with E-state index in [4.69, 9.17) is 4.42 Å². The lowest BCUT2D eigenvalue weighted by atomic mass is 10.1. The van der Waals surface area contributed by atoms with Crippen molar-refractivity contribution in [2.45, 2.75) is 12.6 Å². The molecule has 3 aromatic rings. The average molecular weight is 294 g/mol. The van der Waals surface area contributed by atoms with Crippen LogP contribution in [-0.2, 0) is 6.54 Å². The Balaban J connectivity index is 1.53. The largest absolute Gasteiger partial charge is 0.455 e. The minimum atomic E-state index is -0.454. The lowest BCUT2D eigenvalue weighted by Gasteiger charge is -2.08. The first-order valence-corrected chi connectivity index (χ1v) is 7.52. The zero-order valence-corrected chi connectivity index (χ0v) is 12.4. The molecule has 0 bridgehead atoms. The molecule has 1 atom stereocenters. The van der Waals surface area contributed by atoms with E-state index in [-0.39, 0.29) is 0 Å². The smallest absolute Gasteiger partial charge is 0.158 e. The van der Waals surface area contributed by atoms with Gasteiger partial charge in [0, 0.05) is 5.56 Å². The Bertz CT molecular complexity index is 692. The second-order valence-corrected chi connectivity index (χ2v) is 5.29. The van der Waals surface area contributed by atoms with E-state index in [0.717, 1.165) is 29.2 Å². The molecule has 0 saturated heterocycles.